The van der Waals surface area contributed by atoms with Crippen LogP contribution in [0, 0.1) is 5.82 Å². The van der Waals surface area contributed by atoms with Gasteiger partial charge in [0.25, 0.3) is 0 Å². The number of thiocarbonyl (C=S) groups is 1. The van der Waals surface area contributed by atoms with Gasteiger partial charge in [-0.15, -0.1) is 18.3 Å². The van der Waals surface area contributed by atoms with Crippen LogP contribution in [0.1, 0.15) is 30.9 Å². The molecule has 4 rings (SSSR count). The topological polar surface area (TPSA) is 76.4 Å². The van der Waals surface area contributed by atoms with E-state index in [1.807, 2.05) is 19.9 Å². The molecule has 0 saturated carbocycles. The Kier molecular flexibility index (Phi) is 8.01. The zero-order valence-corrected chi connectivity index (χ0v) is 21.0. The van der Waals surface area contributed by atoms with E-state index in [0.717, 1.165) is 16.7 Å². The zero-order chi connectivity index (χ0) is 27.3. The van der Waals surface area contributed by atoms with E-state index in [0.29, 0.717) is 17.2 Å². The number of hydrazone groups is 1. The quantitative estimate of drug-likeness (QED) is 0.122. The highest BCUT2D eigenvalue weighted by Crippen LogP contribution is 2.27. The number of ether oxygens (including phenoxy) is 1. The summed E-state index contributed by atoms with van der Waals surface area (Å²) in [4.78, 5) is 4.26. The van der Waals surface area contributed by atoms with Gasteiger partial charge >= 0.3 is 6.36 Å². The number of aromatic nitrogens is 3. The van der Waals surface area contributed by atoms with Crippen molar-refractivity contribution in [2.75, 3.05) is 5.32 Å². The molecule has 2 N–H and O–H groups in total. The molecule has 38 heavy (non-hydrogen) atoms. The Balaban J connectivity index is 1.36. The molecule has 0 bridgehead atoms. The Morgan fingerprint density at radius 1 is 1.05 bits per heavy atom. The van der Waals surface area contributed by atoms with Crippen molar-refractivity contribution in [1.82, 2.24) is 20.2 Å². The van der Waals surface area contributed by atoms with Gasteiger partial charge in [0.15, 0.2) is 10.9 Å². The van der Waals surface area contributed by atoms with Crippen LogP contribution in [0.4, 0.5) is 23.2 Å². The number of nitrogens with zero attached hydrogens (tertiary/aromatic N) is 4. The second-order valence-corrected chi connectivity index (χ2v) is 8.77. The number of nitrogens with one attached hydrogen (secondary N) is 2. The maximum absolute atomic E-state index is 14.3. The first-order valence-electron chi connectivity index (χ1n) is 11.4. The average Bonchev–Trinajstić information content (AvgIpc) is 3.35. The van der Waals surface area contributed by atoms with Crippen LogP contribution in [0.15, 0.2) is 78.2 Å². The molecule has 0 saturated heterocycles. The second kappa shape index (κ2) is 11.4. The molecule has 0 atom stereocenters. The third-order valence-electron chi connectivity index (χ3n) is 5.28. The Morgan fingerprint density at radius 3 is 2.42 bits per heavy atom. The number of halogens is 4. The highest BCUT2D eigenvalue weighted by Gasteiger charge is 2.31. The predicted molar refractivity (Wildman–Crippen MR) is 141 cm³/mol. The Morgan fingerprint density at radius 2 is 1.76 bits per heavy atom. The number of hydrogen-bond donors (Lipinski definition) is 2. The van der Waals surface area contributed by atoms with Crippen LogP contribution < -0.4 is 15.5 Å². The van der Waals surface area contributed by atoms with Gasteiger partial charge in [-0.1, -0.05) is 50.2 Å². The van der Waals surface area contributed by atoms with Crippen molar-refractivity contribution in [3.05, 3.63) is 90.0 Å². The van der Waals surface area contributed by atoms with Gasteiger partial charge in [-0.2, -0.15) is 5.10 Å². The highest BCUT2D eigenvalue weighted by molar-refractivity contribution is 7.80. The van der Waals surface area contributed by atoms with E-state index in [1.165, 1.54) is 41.3 Å². The van der Waals surface area contributed by atoms with Crippen LogP contribution in [-0.2, 0) is 0 Å². The van der Waals surface area contributed by atoms with E-state index in [-0.39, 0.29) is 16.8 Å². The fraction of sp³-hybridized carbons (Fsp3) is 0.154. The normalized spacial score (nSPS) is 11.7. The first-order valence-corrected chi connectivity index (χ1v) is 11.8. The standard InChI is InChI=1S/C26H22F4N6OS/c1-16(2)21-4-3-5-22(27)23(21)33-25(38)34-32-14-17-6-8-18(9-7-17)24-31-15-36(35-24)19-10-12-20(13-11-19)37-26(28,29)30/h3-16H,1-2H3,(H2,33,34,38). The second-order valence-electron chi connectivity index (χ2n) is 8.36. The lowest BCUT2D eigenvalue weighted by Gasteiger charge is -2.15. The molecular formula is C26H22F4N6OS. The van der Waals surface area contributed by atoms with Crippen LogP contribution in [0.25, 0.3) is 17.1 Å². The van der Waals surface area contributed by atoms with E-state index in [4.69, 9.17) is 12.2 Å². The summed E-state index contributed by atoms with van der Waals surface area (Å²) in [6.45, 7) is 3.93. The van der Waals surface area contributed by atoms with Crippen molar-refractivity contribution in [1.29, 1.82) is 0 Å². The number of hydrogen-bond acceptors (Lipinski definition) is 5. The van der Waals surface area contributed by atoms with Gasteiger partial charge in [0.1, 0.15) is 17.9 Å². The van der Waals surface area contributed by atoms with Crippen LogP contribution in [0.5, 0.6) is 5.75 Å². The molecule has 4 aromatic rings. The van der Waals surface area contributed by atoms with Crippen LogP contribution in [0.2, 0.25) is 0 Å². The molecule has 196 valence electrons. The van der Waals surface area contributed by atoms with Gasteiger partial charge in [0, 0.05) is 5.56 Å². The molecule has 0 amide bonds. The maximum atomic E-state index is 14.3. The average molecular weight is 543 g/mol. The first kappa shape index (κ1) is 26.7. The minimum absolute atomic E-state index is 0.109. The Hall–Kier alpha value is -4.32. The largest absolute Gasteiger partial charge is 0.573 e. The fourth-order valence-electron chi connectivity index (χ4n) is 3.50. The van der Waals surface area contributed by atoms with Crippen molar-refractivity contribution in [3.8, 4) is 22.8 Å². The number of rotatable bonds is 7. The summed E-state index contributed by atoms with van der Waals surface area (Å²) in [5.74, 6) is -0.184. The fourth-order valence-corrected chi connectivity index (χ4v) is 3.65. The van der Waals surface area contributed by atoms with Crippen molar-refractivity contribution >= 4 is 29.2 Å². The van der Waals surface area contributed by atoms with Crippen molar-refractivity contribution in [2.24, 2.45) is 5.10 Å². The zero-order valence-electron chi connectivity index (χ0n) is 20.2. The Bertz CT molecular complexity index is 1430. The smallest absolute Gasteiger partial charge is 0.406 e. The molecule has 3 aromatic carbocycles. The predicted octanol–water partition coefficient (Wildman–Crippen LogP) is 6.42. The van der Waals surface area contributed by atoms with Crippen LogP contribution in [-0.4, -0.2) is 32.5 Å². The summed E-state index contributed by atoms with van der Waals surface area (Å²) >= 11 is 5.24. The van der Waals surface area contributed by atoms with Gasteiger partial charge in [0.2, 0.25) is 0 Å². The van der Waals surface area contributed by atoms with E-state index in [1.54, 1.807) is 36.5 Å². The van der Waals surface area contributed by atoms with Crippen molar-refractivity contribution < 1.29 is 22.3 Å². The summed E-state index contributed by atoms with van der Waals surface area (Å²) in [5.41, 5.74) is 5.81. The van der Waals surface area contributed by atoms with Gasteiger partial charge in [0.05, 0.1) is 17.6 Å². The SMILES string of the molecule is CC(C)c1cccc(F)c1NC(=S)NN=Cc1ccc(-c2ncn(-c3ccc(OC(F)(F)F)cc3)n2)cc1. The minimum atomic E-state index is -4.75. The van der Waals surface area contributed by atoms with E-state index >= 15 is 0 Å². The van der Waals surface area contributed by atoms with E-state index < -0.39 is 12.2 Å². The maximum Gasteiger partial charge on any atom is 0.573 e. The first-order chi connectivity index (χ1) is 18.1. The molecule has 0 aliphatic rings. The molecule has 0 aliphatic heterocycles. The monoisotopic (exact) mass is 542 g/mol. The Labute approximate surface area is 221 Å². The molecule has 1 aromatic heterocycles. The molecule has 7 nitrogen and oxygen atoms in total. The molecule has 0 aliphatic carbocycles. The molecule has 0 fully saturated rings. The van der Waals surface area contributed by atoms with Gasteiger partial charge < -0.3 is 10.1 Å². The lowest BCUT2D eigenvalue weighted by Crippen LogP contribution is -2.25. The molecular weight excluding hydrogens is 520 g/mol. The number of para-hydroxylation sites is 1. The number of benzene rings is 3. The van der Waals surface area contributed by atoms with Gasteiger partial charge in [-0.05, 0) is 59.6 Å². The summed E-state index contributed by atoms with van der Waals surface area (Å²) < 4.78 is 56.6. The summed E-state index contributed by atoms with van der Waals surface area (Å²) in [7, 11) is 0. The van der Waals surface area contributed by atoms with Gasteiger partial charge in [-0.3, -0.25) is 5.43 Å². The molecule has 12 heteroatoms. The number of anilines is 1. The minimum Gasteiger partial charge on any atom is -0.406 e. The van der Waals surface area contributed by atoms with Gasteiger partial charge in [-0.25, -0.2) is 14.1 Å². The van der Waals surface area contributed by atoms with E-state index in [2.05, 4.69) is 30.7 Å². The van der Waals surface area contributed by atoms with E-state index in [9.17, 15) is 17.6 Å². The lowest BCUT2D eigenvalue weighted by molar-refractivity contribution is -0.274. The molecule has 0 unspecified atom stereocenters. The van der Waals surface area contributed by atoms with Crippen molar-refractivity contribution in [2.45, 2.75) is 26.1 Å². The van der Waals surface area contributed by atoms with Crippen LogP contribution >= 0.6 is 12.2 Å². The molecule has 1 heterocycles. The van der Waals surface area contributed by atoms with Crippen LogP contribution in [0.3, 0.4) is 0 Å². The molecule has 0 spiro atoms. The third kappa shape index (κ3) is 6.91. The van der Waals surface area contributed by atoms with Crippen molar-refractivity contribution in [3.63, 3.8) is 0 Å². The summed E-state index contributed by atoms with van der Waals surface area (Å²) in [6, 6.07) is 17.3. The lowest BCUT2D eigenvalue weighted by atomic mass is 10.0. The summed E-state index contributed by atoms with van der Waals surface area (Å²) in [6.07, 6.45) is -1.74. The third-order valence-corrected chi connectivity index (χ3v) is 5.48. The molecule has 0 radical (unpaired) electrons. The highest BCUT2D eigenvalue weighted by atomic mass is 32.1. The number of alkyl halides is 3. The summed E-state index contributed by atoms with van der Waals surface area (Å²) in [5, 5.41) is 11.5.